The van der Waals surface area contributed by atoms with Crippen LogP contribution in [0, 0.1) is 5.82 Å². The summed E-state index contributed by atoms with van der Waals surface area (Å²) in [7, 11) is -3.83. The number of thiophene rings is 1. The molecular weight excluding hydrogens is 437 g/mol. The van der Waals surface area contributed by atoms with Gasteiger partial charge in [0.15, 0.2) is 16.4 Å². The fourth-order valence-corrected chi connectivity index (χ4v) is 5.47. The molecule has 0 unspecified atom stereocenters. The van der Waals surface area contributed by atoms with Crippen LogP contribution in [0.3, 0.4) is 0 Å². The van der Waals surface area contributed by atoms with E-state index in [1.807, 2.05) is 0 Å². The first-order valence-corrected chi connectivity index (χ1v) is 11.3. The van der Waals surface area contributed by atoms with E-state index in [4.69, 9.17) is 16.3 Å². The summed E-state index contributed by atoms with van der Waals surface area (Å²) in [5.74, 6) is -0.515. The van der Waals surface area contributed by atoms with Crippen molar-refractivity contribution in [2.24, 2.45) is 0 Å². The van der Waals surface area contributed by atoms with Crippen LogP contribution in [0.15, 0.2) is 70.9 Å². The Hall–Kier alpha value is -2.42. The largest absolute Gasteiger partial charge is 0.484 e. The third kappa shape index (κ3) is 5.56. The highest BCUT2D eigenvalue weighted by atomic mass is 35.5. The molecule has 0 aliphatic rings. The molecule has 0 spiro atoms. The molecule has 1 aromatic heterocycles. The van der Waals surface area contributed by atoms with E-state index >= 15 is 0 Å². The Morgan fingerprint density at radius 2 is 1.79 bits per heavy atom. The van der Waals surface area contributed by atoms with Gasteiger partial charge in [0.25, 0.3) is 5.91 Å². The first kappa shape index (κ1) is 21.3. The summed E-state index contributed by atoms with van der Waals surface area (Å²) in [5.41, 5.74) is 0. The quantitative estimate of drug-likeness (QED) is 0.517. The highest BCUT2D eigenvalue weighted by Crippen LogP contribution is 2.31. The van der Waals surface area contributed by atoms with Crippen LogP contribution in [-0.2, 0) is 14.6 Å². The number of hydrogen-bond acceptors (Lipinski definition) is 5. The number of hydrogen-bond donors (Lipinski definition) is 1. The Bertz CT molecular complexity index is 1050. The number of carbonyl (C=O) groups is 1. The minimum Gasteiger partial charge on any atom is -0.484 e. The van der Waals surface area contributed by atoms with Crippen molar-refractivity contribution >= 4 is 38.7 Å². The van der Waals surface area contributed by atoms with Crippen molar-refractivity contribution in [2.75, 3.05) is 13.2 Å². The molecule has 3 aromatic rings. The van der Waals surface area contributed by atoms with E-state index in [1.165, 1.54) is 23.5 Å². The van der Waals surface area contributed by atoms with Gasteiger partial charge < -0.3 is 10.1 Å². The summed E-state index contributed by atoms with van der Waals surface area (Å²) in [4.78, 5) is 12.7. The molecule has 0 saturated carbocycles. The van der Waals surface area contributed by atoms with E-state index in [-0.39, 0.29) is 18.0 Å². The van der Waals surface area contributed by atoms with Gasteiger partial charge in [-0.1, -0.05) is 17.7 Å². The zero-order valence-electron chi connectivity index (χ0n) is 15.0. The zero-order chi connectivity index (χ0) is 20.9. The third-order valence-corrected chi connectivity index (χ3v) is 7.53. The van der Waals surface area contributed by atoms with Gasteiger partial charge in [0, 0.05) is 16.4 Å². The molecule has 0 saturated heterocycles. The van der Waals surface area contributed by atoms with Crippen molar-refractivity contribution < 1.29 is 22.3 Å². The van der Waals surface area contributed by atoms with Crippen LogP contribution in [0.1, 0.15) is 10.1 Å². The summed E-state index contributed by atoms with van der Waals surface area (Å²) in [6.07, 6.45) is 0. The lowest BCUT2D eigenvalue weighted by Gasteiger charge is -2.17. The fourth-order valence-electron chi connectivity index (χ4n) is 2.56. The van der Waals surface area contributed by atoms with Crippen molar-refractivity contribution in [3.63, 3.8) is 0 Å². The van der Waals surface area contributed by atoms with Crippen LogP contribution in [-0.4, -0.2) is 27.5 Å². The lowest BCUT2D eigenvalue weighted by molar-refractivity contribution is -0.123. The summed E-state index contributed by atoms with van der Waals surface area (Å²) in [5, 5.41) is 3.92. The molecule has 0 aliphatic heterocycles. The Morgan fingerprint density at radius 1 is 1.10 bits per heavy atom. The monoisotopic (exact) mass is 453 g/mol. The number of rotatable bonds is 8. The molecular formula is C20H17ClFNO4S2. The van der Waals surface area contributed by atoms with Gasteiger partial charge in [-0.3, -0.25) is 4.79 Å². The number of sulfone groups is 1. The van der Waals surface area contributed by atoms with E-state index < -0.39 is 26.8 Å². The molecule has 1 N–H and O–H groups in total. The molecule has 152 valence electrons. The standard InChI is InChI=1S/C20H17ClFNO4S2/c21-14-3-7-16(8-4-14)27-13-20(24)23-12-19(18-2-1-11-28-18)29(25,26)17-9-5-15(22)6-10-17/h1-11,19H,12-13H2,(H,23,24)/t19-/m1/s1. The molecule has 0 radical (unpaired) electrons. The van der Waals surface area contributed by atoms with Gasteiger partial charge in [-0.25, -0.2) is 12.8 Å². The summed E-state index contributed by atoms with van der Waals surface area (Å²) in [6.45, 7) is -0.404. The maximum atomic E-state index is 13.2. The smallest absolute Gasteiger partial charge is 0.257 e. The summed E-state index contributed by atoms with van der Waals surface area (Å²) < 4.78 is 44.7. The average Bonchev–Trinajstić information content (AvgIpc) is 3.22. The van der Waals surface area contributed by atoms with Crippen LogP contribution in [0.25, 0.3) is 0 Å². The molecule has 0 fully saturated rings. The van der Waals surface area contributed by atoms with Gasteiger partial charge >= 0.3 is 0 Å². The SMILES string of the molecule is O=C(COc1ccc(Cl)cc1)NC[C@H](c1cccs1)S(=O)(=O)c1ccc(F)cc1. The lowest BCUT2D eigenvalue weighted by atomic mass is 10.3. The highest BCUT2D eigenvalue weighted by molar-refractivity contribution is 7.91. The average molecular weight is 454 g/mol. The van der Waals surface area contributed by atoms with Crippen molar-refractivity contribution in [3.05, 3.63) is 81.8 Å². The second kappa shape index (κ2) is 9.39. The van der Waals surface area contributed by atoms with E-state index in [9.17, 15) is 17.6 Å². The normalized spacial score (nSPS) is 12.3. The van der Waals surface area contributed by atoms with Crippen molar-refractivity contribution in [1.82, 2.24) is 5.32 Å². The van der Waals surface area contributed by atoms with Gasteiger partial charge in [-0.15, -0.1) is 11.3 Å². The molecule has 1 heterocycles. The Labute approximate surface area is 177 Å². The van der Waals surface area contributed by atoms with Crippen molar-refractivity contribution in [1.29, 1.82) is 0 Å². The van der Waals surface area contributed by atoms with Gasteiger partial charge in [-0.05, 0) is 60.0 Å². The number of ether oxygens (including phenoxy) is 1. The molecule has 1 atom stereocenters. The van der Waals surface area contributed by atoms with Crippen LogP contribution in [0.4, 0.5) is 4.39 Å². The number of amides is 1. The molecule has 1 amide bonds. The molecule has 3 rings (SSSR count). The topological polar surface area (TPSA) is 72.5 Å². The molecule has 0 aliphatic carbocycles. The number of nitrogens with one attached hydrogen (secondary N) is 1. The minimum absolute atomic E-state index is 0.0102. The van der Waals surface area contributed by atoms with Crippen LogP contribution < -0.4 is 10.1 Å². The molecule has 29 heavy (non-hydrogen) atoms. The van der Waals surface area contributed by atoms with Crippen molar-refractivity contribution in [3.8, 4) is 5.75 Å². The maximum Gasteiger partial charge on any atom is 0.257 e. The van der Waals surface area contributed by atoms with Crippen LogP contribution in [0.5, 0.6) is 5.75 Å². The van der Waals surface area contributed by atoms with Crippen LogP contribution >= 0.6 is 22.9 Å². The Morgan fingerprint density at radius 3 is 2.41 bits per heavy atom. The van der Waals surface area contributed by atoms with E-state index in [0.29, 0.717) is 15.6 Å². The predicted octanol–water partition coefficient (Wildman–Crippen LogP) is 4.25. The number of carbonyl (C=O) groups excluding carboxylic acids is 1. The second-order valence-electron chi connectivity index (χ2n) is 6.05. The van der Waals surface area contributed by atoms with Gasteiger partial charge in [0.1, 0.15) is 16.8 Å². The Balaban J connectivity index is 1.69. The van der Waals surface area contributed by atoms with E-state index in [1.54, 1.807) is 41.8 Å². The highest BCUT2D eigenvalue weighted by Gasteiger charge is 2.30. The molecule has 0 bridgehead atoms. The first-order valence-electron chi connectivity index (χ1n) is 8.54. The van der Waals surface area contributed by atoms with Gasteiger partial charge in [0.05, 0.1) is 4.90 Å². The van der Waals surface area contributed by atoms with Gasteiger partial charge in [-0.2, -0.15) is 0 Å². The summed E-state index contributed by atoms with van der Waals surface area (Å²) >= 11 is 7.07. The maximum absolute atomic E-state index is 13.2. The van der Waals surface area contributed by atoms with E-state index in [2.05, 4.69) is 5.32 Å². The Kier molecular flexibility index (Phi) is 6.89. The molecule has 9 heteroatoms. The van der Waals surface area contributed by atoms with Gasteiger partial charge in [0.2, 0.25) is 0 Å². The minimum atomic E-state index is -3.83. The summed E-state index contributed by atoms with van der Waals surface area (Å²) in [6, 6.07) is 14.6. The number of benzene rings is 2. The first-order chi connectivity index (χ1) is 13.9. The van der Waals surface area contributed by atoms with Crippen molar-refractivity contribution in [2.45, 2.75) is 10.1 Å². The molecule has 5 nitrogen and oxygen atoms in total. The zero-order valence-corrected chi connectivity index (χ0v) is 17.4. The molecule has 2 aromatic carbocycles. The predicted molar refractivity (Wildman–Crippen MR) is 111 cm³/mol. The third-order valence-electron chi connectivity index (χ3n) is 4.05. The second-order valence-corrected chi connectivity index (χ2v) is 9.60. The van der Waals surface area contributed by atoms with E-state index in [0.717, 1.165) is 12.1 Å². The fraction of sp³-hybridized carbons (Fsp3) is 0.150. The lowest BCUT2D eigenvalue weighted by Crippen LogP contribution is -2.34. The number of halogens is 2. The van der Waals surface area contributed by atoms with Crippen LogP contribution in [0.2, 0.25) is 5.02 Å².